The van der Waals surface area contributed by atoms with Crippen molar-refractivity contribution in [3.63, 3.8) is 0 Å². The molecule has 0 saturated heterocycles. The summed E-state index contributed by atoms with van der Waals surface area (Å²) in [7, 11) is 1.37. The Morgan fingerprint density at radius 1 is 1.30 bits per heavy atom. The number of halogens is 1. The number of ether oxygens (including phenoxy) is 1. The molecule has 0 atom stereocenters. The number of hydrogen-bond acceptors (Lipinski definition) is 6. The Bertz CT molecular complexity index is 650. The fraction of sp³-hybridized carbons (Fsp3) is 0.438. The highest BCUT2D eigenvalue weighted by Crippen LogP contribution is 2.28. The summed E-state index contributed by atoms with van der Waals surface area (Å²) in [5.41, 5.74) is -0.0429. The maximum atomic E-state index is 13.8. The van der Waals surface area contributed by atoms with Crippen LogP contribution in [-0.4, -0.2) is 29.0 Å². The third-order valence-electron chi connectivity index (χ3n) is 3.20. The van der Waals surface area contributed by atoms with E-state index in [0.29, 0.717) is 35.3 Å². The Morgan fingerprint density at radius 2 is 2.00 bits per heavy atom. The van der Waals surface area contributed by atoms with Gasteiger partial charge in [-0.05, 0) is 38.0 Å². The smallest absolute Gasteiger partial charge is 0.305 e. The second kappa shape index (κ2) is 7.59. The highest BCUT2D eigenvalue weighted by atomic mass is 32.2. The molecular formula is C16H19FN2O3S. The zero-order valence-corrected chi connectivity index (χ0v) is 14.2. The first kappa shape index (κ1) is 17.5. The third-order valence-corrected chi connectivity index (χ3v) is 4.11. The van der Waals surface area contributed by atoms with Gasteiger partial charge >= 0.3 is 5.97 Å². The molecule has 0 unspecified atom stereocenters. The quantitative estimate of drug-likeness (QED) is 0.432. The van der Waals surface area contributed by atoms with E-state index in [9.17, 15) is 9.18 Å². The van der Waals surface area contributed by atoms with Crippen molar-refractivity contribution in [2.24, 2.45) is 0 Å². The van der Waals surface area contributed by atoms with E-state index in [1.165, 1.54) is 32.7 Å². The molecule has 0 bridgehead atoms. The minimum atomic E-state index is -1.38. The molecule has 0 amide bonds. The molecule has 23 heavy (non-hydrogen) atoms. The Hall–Kier alpha value is -1.89. The van der Waals surface area contributed by atoms with Crippen molar-refractivity contribution in [3.8, 4) is 11.5 Å². The second-order valence-corrected chi connectivity index (χ2v) is 6.50. The summed E-state index contributed by atoms with van der Waals surface area (Å²) in [6, 6.07) is 6.94. The molecule has 0 N–H and O–H groups in total. The first-order valence-corrected chi connectivity index (χ1v) is 8.21. The number of carbonyl (C=O) groups is 1. The van der Waals surface area contributed by atoms with Gasteiger partial charge in [-0.3, -0.25) is 4.79 Å². The van der Waals surface area contributed by atoms with E-state index in [0.717, 1.165) is 5.56 Å². The summed E-state index contributed by atoms with van der Waals surface area (Å²) >= 11 is 1.39. The lowest BCUT2D eigenvalue weighted by atomic mass is 9.99. The van der Waals surface area contributed by atoms with Crippen LogP contribution in [0.2, 0.25) is 0 Å². The molecule has 124 valence electrons. The standard InChI is InChI=1S/C16H19FN2O3S/c1-16(2,17)12-8-6-11(7-9-12)14-18-19-15(22-14)23-10-4-5-13(20)21-3/h6-9H,4-5,10H2,1-3H3. The fourth-order valence-corrected chi connectivity index (χ4v) is 2.57. The van der Waals surface area contributed by atoms with E-state index in [1.54, 1.807) is 24.3 Å². The van der Waals surface area contributed by atoms with Crippen molar-refractivity contribution in [1.29, 1.82) is 0 Å². The highest BCUT2D eigenvalue weighted by molar-refractivity contribution is 7.99. The monoisotopic (exact) mass is 338 g/mol. The molecule has 1 heterocycles. The number of nitrogens with zero attached hydrogens (tertiary/aromatic N) is 2. The molecule has 0 saturated carbocycles. The number of aromatic nitrogens is 2. The number of carbonyl (C=O) groups excluding carboxylic acids is 1. The van der Waals surface area contributed by atoms with Gasteiger partial charge < -0.3 is 9.15 Å². The summed E-state index contributed by atoms with van der Waals surface area (Å²) in [6.07, 6.45) is 1.04. The molecule has 2 rings (SSSR count). The number of alkyl halides is 1. The first-order valence-electron chi connectivity index (χ1n) is 7.23. The molecule has 0 aliphatic heterocycles. The fourth-order valence-electron chi connectivity index (χ4n) is 1.87. The van der Waals surface area contributed by atoms with Crippen LogP contribution in [-0.2, 0) is 15.2 Å². The van der Waals surface area contributed by atoms with Crippen molar-refractivity contribution < 1.29 is 18.3 Å². The van der Waals surface area contributed by atoms with Crippen molar-refractivity contribution in [2.75, 3.05) is 12.9 Å². The molecule has 0 fully saturated rings. The Balaban J connectivity index is 1.92. The average molecular weight is 338 g/mol. The predicted molar refractivity (Wildman–Crippen MR) is 85.8 cm³/mol. The van der Waals surface area contributed by atoms with E-state index >= 15 is 0 Å². The Morgan fingerprint density at radius 3 is 2.61 bits per heavy atom. The summed E-state index contributed by atoms with van der Waals surface area (Å²) in [5, 5.41) is 8.39. The van der Waals surface area contributed by atoms with Crippen LogP contribution < -0.4 is 0 Å². The highest BCUT2D eigenvalue weighted by Gasteiger charge is 2.19. The molecule has 5 nitrogen and oxygen atoms in total. The Kier molecular flexibility index (Phi) is 5.76. The van der Waals surface area contributed by atoms with E-state index < -0.39 is 5.67 Å². The number of esters is 1. The van der Waals surface area contributed by atoms with Crippen molar-refractivity contribution in [3.05, 3.63) is 29.8 Å². The van der Waals surface area contributed by atoms with Gasteiger partial charge in [-0.1, -0.05) is 23.9 Å². The van der Waals surface area contributed by atoms with Crippen molar-refractivity contribution in [1.82, 2.24) is 10.2 Å². The van der Waals surface area contributed by atoms with Crippen LogP contribution in [0.4, 0.5) is 4.39 Å². The third kappa shape index (κ3) is 5.06. The van der Waals surface area contributed by atoms with Gasteiger partial charge in [0.1, 0.15) is 5.67 Å². The van der Waals surface area contributed by atoms with E-state index in [4.69, 9.17) is 4.42 Å². The van der Waals surface area contributed by atoms with Crippen molar-refractivity contribution in [2.45, 2.75) is 37.6 Å². The number of benzene rings is 1. The van der Waals surface area contributed by atoms with Gasteiger partial charge in [0.2, 0.25) is 5.89 Å². The lowest BCUT2D eigenvalue weighted by Gasteiger charge is -2.14. The van der Waals surface area contributed by atoms with Crippen LogP contribution in [0.25, 0.3) is 11.5 Å². The number of methoxy groups -OCH3 is 1. The summed E-state index contributed by atoms with van der Waals surface area (Å²) < 4.78 is 24.0. The van der Waals surface area contributed by atoms with E-state index in [2.05, 4.69) is 14.9 Å². The maximum Gasteiger partial charge on any atom is 0.305 e. The van der Waals surface area contributed by atoms with Crippen LogP contribution in [0, 0.1) is 0 Å². The lowest BCUT2D eigenvalue weighted by Crippen LogP contribution is -2.08. The van der Waals surface area contributed by atoms with Crippen LogP contribution in [0.3, 0.4) is 0 Å². The minimum absolute atomic E-state index is 0.229. The zero-order valence-electron chi connectivity index (χ0n) is 13.3. The molecule has 0 aliphatic rings. The van der Waals surface area contributed by atoms with Gasteiger partial charge in [0.15, 0.2) is 0 Å². The van der Waals surface area contributed by atoms with E-state index in [-0.39, 0.29) is 5.97 Å². The van der Waals surface area contributed by atoms with Crippen LogP contribution >= 0.6 is 11.8 Å². The number of thioether (sulfide) groups is 1. The zero-order chi connectivity index (χ0) is 16.9. The maximum absolute atomic E-state index is 13.8. The van der Waals surface area contributed by atoms with Gasteiger partial charge in [0.25, 0.3) is 5.22 Å². The molecule has 1 aromatic carbocycles. The number of hydrogen-bond donors (Lipinski definition) is 0. The molecule has 7 heteroatoms. The average Bonchev–Trinajstić information content (AvgIpc) is 2.99. The minimum Gasteiger partial charge on any atom is -0.469 e. The van der Waals surface area contributed by atoms with Crippen molar-refractivity contribution >= 4 is 17.7 Å². The van der Waals surface area contributed by atoms with Crippen LogP contribution in [0.5, 0.6) is 0 Å². The van der Waals surface area contributed by atoms with Crippen LogP contribution in [0.15, 0.2) is 33.9 Å². The molecular weight excluding hydrogens is 319 g/mol. The largest absolute Gasteiger partial charge is 0.469 e. The molecule has 1 aromatic heterocycles. The summed E-state index contributed by atoms with van der Waals surface area (Å²) in [6.45, 7) is 3.02. The van der Waals surface area contributed by atoms with E-state index in [1.807, 2.05) is 0 Å². The predicted octanol–water partition coefficient (Wildman–Crippen LogP) is 3.99. The van der Waals surface area contributed by atoms with Gasteiger partial charge in [0.05, 0.1) is 7.11 Å². The topological polar surface area (TPSA) is 65.2 Å². The lowest BCUT2D eigenvalue weighted by molar-refractivity contribution is -0.140. The SMILES string of the molecule is COC(=O)CCCSc1nnc(-c2ccc(C(C)(C)F)cc2)o1. The van der Waals surface area contributed by atoms with Crippen LogP contribution in [0.1, 0.15) is 32.3 Å². The van der Waals surface area contributed by atoms with Gasteiger partial charge in [-0.25, -0.2) is 4.39 Å². The molecule has 0 radical (unpaired) electrons. The van der Waals surface area contributed by atoms with Gasteiger partial charge in [-0.2, -0.15) is 0 Å². The second-order valence-electron chi connectivity index (χ2n) is 5.45. The molecule has 0 spiro atoms. The number of rotatable bonds is 7. The Labute approximate surface area is 138 Å². The molecule has 2 aromatic rings. The normalized spacial score (nSPS) is 11.5. The van der Waals surface area contributed by atoms with Gasteiger partial charge in [-0.15, -0.1) is 10.2 Å². The summed E-state index contributed by atoms with van der Waals surface area (Å²) in [4.78, 5) is 11.0. The van der Waals surface area contributed by atoms with Gasteiger partial charge in [0, 0.05) is 17.7 Å². The first-order chi connectivity index (χ1) is 10.9. The molecule has 0 aliphatic carbocycles. The summed E-state index contributed by atoms with van der Waals surface area (Å²) in [5.74, 6) is 0.850.